The Morgan fingerprint density at radius 3 is 2.26 bits per heavy atom. The third-order valence-electron chi connectivity index (χ3n) is 5.69. The number of para-hydroxylation sites is 1. The largest absolute Gasteiger partial charge is 0.367 e. The number of anilines is 1. The van der Waals surface area contributed by atoms with Gasteiger partial charge in [0, 0.05) is 37.1 Å². The standard InChI is InChI=1S/C24H25F2N3OS/c1-17(27-24(30)18-7-2-3-8-19(18)25)23(22-11-6-16-31-22)29-14-12-28(13-15-29)21-10-5-4-9-20(21)26/h2-11,16-17,23H,12-15H2,1H3,(H,27,30)/t17-,23-/m0/s1. The first-order chi connectivity index (χ1) is 15.0. The molecule has 0 unspecified atom stereocenters. The van der Waals surface area contributed by atoms with Crippen molar-refractivity contribution in [1.29, 1.82) is 0 Å². The van der Waals surface area contributed by atoms with Gasteiger partial charge in [0.1, 0.15) is 11.6 Å². The summed E-state index contributed by atoms with van der Waals surface area (Å²) in [5.41, 5.74) is 0.666. The van der Waals surface area contributed by atoms with Crippen LogP contribution >= 0.6 is 11.3 Å². The van der Waals surface area contributed by atoms with Crippen molar-refractivity contribution in [2.45, 2.75) is 19.0 Å². The lowest BCUT2D eigenvalue weighted by Gasteiger charge is -2.42. The topological polar surface area (TPSA) is 35.6 Å². The molecule has 1 amide bonds. The maximum atomic E-state index is 14.2. The average Bonchev–Trinajstić information content (AvgIpc) is 3.29. The van der Waals surface area contributed by atoms with Crippen LogP contribution in [-0.4, -0.2) is 43.0 Å². The molecule has 2 heterocycles. The molecule has 0 aliphatic carbocycles. The SMILES string of the molecule is C[C@H](NC(=O)c1ccccc1F)[C@@H](c1cccs1)N1CCN(c2ccccc2F)CC1. The van der Waals surface area contributed by atoms with Crippen LogP contribution in [0.4, 0.5) is 14.5 Å². The van der Waals surface area contributed by atoms with Gasteiger partial charge in [0.05, 0.1) is 17.3 Å². The van der Waals surface area contributed by atoms with Gasteiger partial charge in [-0.1, -0.05) is 30.3 Å². The molecule has 162 valence electrons. The number of halogens is 2. The fraction of sp³-hybridized carbons (Fsp3) is 0.292. The van der Waals surface area contributed by atoms with Crippen LogP contribution in [0.2, 0.25) is 0 Å². The second-order valence-electron chi connectivity index (χ2n) is 7.68. The summed E-state index contributed by atoms with van der Waals surface area (Å²) in [6, 6.07) is 16.6. The van der Waals surface area contributed by atoms with E-state index in [0.29, 0.717) is 18.8 Å². The quantitative estimate of drug-likeness (QED) is 0.602. The summed E-state index contributed by atoms with van der Waals surface area (Å²) in [4.78, 5) is 18.2. The van der Waals surface area contributed by atoms with E-state index in [-0.39, 0.29) is 23.5 Å². The molecule has 2 atom stereocenters. The van der Waals surface area contributed by atoms with E-state index in [1.165, 1.54) is 18.2 Å². The molecule has 1 aliphatic rings. The zero-order chi connectivity index (χ0) is 21.8. The molecule has 31 heavy (non-hydrogen) atoms. The van der Waals surface area contributed by atoms with Gasteiger partial charge in [-0.3, -0.25) is 9.69 Å². The maximum Gasteiger partial charge on any atom is 0.254 e. The summed E-state index contributed by atoms with van der Waals surface area (Å²) in [6.07, 6.45) is 0. The van der Waals surface area contributed by atoms with Crippen molar-refractivity contribution in [2.75, 3.05) is 31.1 Å². The predicted molar refractivity (Wildman–Crippen MR) is 121 cm³/mol. The molecule has 1 saturated heterocycles. The van der Waals surface area contributed by atoms with Gasteiger partial charge in [0.25, 0.3) is 5.91 Å². The van der Waals surface area contributed by atoms with Gasteiger partial charge in [-0.25, -0.2) is 8.78 Å². The van der Waals surface area contributed by atoms with Crippen LogP contribution in [0, 0.1) is 11.6 Å². The zero-order valence-corrected chi connectivity index (χ0v) is 18.1. The van der Waals surface area contributed by atoms with Crippen LogP contribution in [0.15, 0.2) is 66.0 Å². The van der Waals surface area contributed by atoms with Crippen LogP contribution in [0.5, 0.6) is 0 Å². The van der Waals surface area contributed by atoms with E-state index in [0.717, 1.165) is 18.0 Å². The Morgan fingerprint density at radius 2 is 1.61 bits per heavy atom. The Bertz CT molecular complexity index is 1020. The number of amides is 1. The third kappa shape index (κ3) is 4.78. The van der Waals surface area contributed by atoms with Gasteiger partial charge in [-0.05, 0) is 42.6 Å². The monoisotopic (exact) mass is 441 g/mol. The Kier molecular flexibility index (Phi) is 6.63. The molecular weight excluding hydrogens is 416 g/mol. The molecule has 4 nitrogen and oxygen atoms in total. The smallest absolute Gasteiger partial charge is 0.254 e. The Morgan fingerprint density at radius 1 is 0.935 bits per heavy atom. The van der Waals surface area contributed by atoms with Gasteiger partial charge in [0.15, 0.2) is 0 Å². The summed E-state index contributed by atoms with van der Waals surface area (Å²) in [5, 5.41) is 5.00. The van der Waals surface area contributed by atoms with E-state index in [4.69, 9.17) is 0 Å². The Hall–Kier alpha value is -2.77. The van der Waals surface area contributed by atoms with Crippen molar-refractivity contribution in [2.24, 2.45) is 0 Å². The first-order valence-corrected chi connectivity index (χ1v) is 11.2. The molecule has 3 aromatic rings. The maximum absolute atomic E-state index is 14.2. The first kappa shape index (κ1) is 21.5. The van der Waals surface area contributed by atoms with Crippen molar-refractivity contribution < 1.29 is 13.6 Å². The molecule has 7 heteroatoms. The molecule has 1 fully saturated rings. The number of piperazine rings is 1. The number of benzene rings is 2. The van der Waals surface area contributed by atoms with E-state index >= 15 is 0 Å². The molecule has 0 saturated carbocycles. The van der Waals surface area contributed by atoms with Crippen LogP contribution in [0.3, 0.4) is 0 Å². The fourth-order valence-corrected chi connectivity index (χ4v) is 5.12. The lowest BCUT2D eigenvalue weighted by atomic mass is 10.0. The minimum atomic E-state index is -0.529. The summed E-state index contributed by atoms with van der Waals surface area (Å²) in [7, 11) is 0. The highest BCUT2D eigenvalue weighted by Gasteiger charge is 2.31. The lowest BCUT2D eigenvalue weighted by molar-refractivity contribution is 0.0886. The van der Waals surface area contributed by atoms with Crippen LogP contribution in [0.25, 0.3) is 0 Å². The zero-order valence-electron chi connectivity index (χ0n) is 17.3. The number of hydrogen-bond donors (Lipinski definition) is 1. The highest BCUT2D eigenvalue weighted by molar-refractivity contribution is 7.10. The Balaban J connectivity index is 1.48. The number of thiophene rings is 1. The first-order valence-electron chi connectivity index (χ1n) is 10.4. The van der Waals surface area contributed by atoms with Gasteiger partial charge in [-0.15, -0.1) is 11.3 Å². The second kappa shape index (κ2) is 9.58. The van der Waals surface area contributed by atoms with Gasteiger partial charge in [-0.2, -0.15) is 0 Å². The van der Waals surface area contributed by atoms with Crippen LogP contribution in [0.1, 0.15) is 28.2 Å². The number of nitrogens with one attached hydrogen (secondary N) is 1. The van der Waals surface area contributed by atoms with Gasteiger partial charge < -0.3 is 10.2 Å². The molecule has 1 aromatic heterocycles. The summed E-state index contributed by atoms with van der Waals surface area (Å²) in [5.74, 6) is -1.16. The second-order valence-corrected chi connectivity index (χ2v) is 8.66. The Labute approximate surface area is 185 Å². The van der Waals surface area contributed by atoms with Crippen molar-refractivity contribution in [3.8, 4) is 0 Å². The molecular formula is C24H25F2N3OS. The number of rotatable bonds is 6. The van der Waals surface area contributed by atoms with Gasteiger partial charge in [0.2, 0.25) is 0 Å². The van der Waals surface area contributed by atoms with E-state index in [1.807, 2.05) is 24.4 Å². The minimum Gasteiger partial charge on any atom is -0.367 e. The molecule has 1 aliphatic heterocycles. The fourth-order valence-electron chi connectivity index (χ4n) is 4.16. The molecule has 0 bridgehead atoms. The number of nitrogens with zero attached hydrogens (tertiary/aromatic N) is 2. The van der Waals surface area contributed by atoms with Crippen LogP contribution < -0.4 is 10.2 Å². The molecule has 1 N–H and O–H groups in total. The molecule has 0 spiro atoms. The normalized spacial score (nSPS) is 16.7. The summed E-state index contributed by atoms with van der Waals surface area (Å²) < 4.78 is 28.2. The lowest BCUT2D eigenvalue weighted by Crippen LogP contribution is -2.52. The van der Waals surface area contributed by atoms with Crippen molar-refractivity contribution in [3.05, 3.63) is 88.1 Å². The summed E-state index contributed by atoms with van der Waals surface area (Å²) in [6.45, 7) is 4.80. The predicted octanol–water partition coefficient (Wildman–Crippen LogP) is 4.71. The molecule has 4 rings (SSSR count). The van der Waals surface area contributed by atoms with Gasteiger partial charge >= 0.3 is 0 Å². The highest BCUT2D eigenvalue weighted by Crippen LogP contribution is 2.31. The molecule has 0 radical (unpaired) electrons. The van der Waals surface area contributed by atoms with E-state index in [1.54, 1.807) is 35.6 Å². The van der Waals surface area contributed by atoms with Crippen molar-refractivity contribution in [3.63, 3.8) is 0 Å². The summed E-state index contributed by atoms with van der Waals surface area (Å²) >= 11 is 1.64. The van der Waals surface area contributed by atoms with E-state index < -0.39 is 11.7 Å². The van der Waals surface area contributed by atoms with E-state index in [9.17, 15) is 13.6 Å². The highest BCUT2D eigenvalue weighted by atomic mass is 32.1. The third-order valence-corrected chi connectivity index (χ3v) is 6.63. The average molecular weight is 442 g/mol. The molecule has 2 aromatic carbocycles. The number of carbonyl (C=O) groups excluding carboxylic acids is 1. The van der Waals surface area contributed by atoms with E-state index in [2.05, 4.69) is 21.2 Å². The minimum absolute atomic E-state index is 0.0431. The van der Waals surface area contributed by atoms with Crippen molar-refractivity contribution >= 4 is 22.9 Å². The van der Waals surface area contributed by atoms with Crippen molar-refractivity contribution in [1.82, 2.24) is 10.2 Å². The number of carbonyl (C=O) groups is 1. The number of hydrogen-bond acceptors (Lipinski definition) is 4. The van der Waals surface area contributed by atoms with Crippen LogP contribution in [-0.2, 0) is 0 Å².